The molecule has 0 radical (unpaired) electrons. The summed E-state index contributed by atoms with van der Waals surface area (Å²) in [5.41, 5.74) is 1.77. The molecule has 0 saturated heterocycles. The molecule has 0 aliphatic carbocycles. The van der Waals surface area contributed by atoms with Crippen molar-refractivity contribution < 1.29 is 9.13 Å². The van der Waals surface area contributed by atoms with Gasteiger partial charge in [-0.25, -0.2) is 4.39 Å². The van der Waals surface area contributed by atoms with E-state index in [1.165, 1.54) is 12.1 Å². The van der Waals surface area contributed by atoms with Crippen molar-refractivity contribution in [3.8, 4) is 0 Å². The van der Waals surface area contributed by atoms with Crippen LogP contribution in [0.5, 0.6) is 0 Å². The maximum Gasteiger partial charge on any atom is 0.124 e. The Balaban J connectivity index is 2.05. The predicted molar refractivity (Wildman–Crippen MR) is 92.3 cm³/mol. The van der Waals surface area contributed by atoms with Crippen LogP contribution in [0.2, 0.25) is 5.02 Å². The van der Waals surface area contributed by atoms with Crippen LogP contribution >= 0.6 is 11.6 Å². The first-order valence-corrected chi connectivity index (χ1v) is 8.40. The van der Waals surface area contributed by atoms with Crippen molar-refractivity contribution in [3.63, 3.8) is 0 Å². The maximum atomic E-state index is 13.2. The normalized spacial score (nSPS) is 11.6. The Morgan fingerprint density at radius 3 is 2.79 bits per heavy atom. The standard InChI is InChI=1S/C17H24ClFN4O/c1-13(2)9-23-12-16(20-21-23)11-22(6-7-24-3)10-14-4-5-15(19)8-17(14)18/h4-5,8,12-13H,6-7,9-11H2,1-3H3. The number of rotatable bonds is 9. The lowest BCUT2D eigenvalue weighted by Crippen LogP contribution is -2.27. The Morgan fingerprint density at radius 1 is 1.33 bits per heavy atom. The van der Waals surface area contributed by atoms with Crippen molar-refractivity contribution >= 4 is 11.6 Å². The minimum atomic E-state index is -0.330. The summed E-state index contributed by atoms with van der Waals surface area (Å²) in [6, 6.07) is 4.48. The molecule has 0 aliphatic rings. The molecule has 0 unspecified atom stereocenters. The first kappa shape index (κ1) is 18.8. The van der Waals surface area contributed by atoms with Crippen LogP contribution in [0.25, 0.3) is 0 Å². The number of ether oxygens (including phenoxy) is 1. The van der Waals surface area contributed by atoms with Gasteiger partial charge in [0.2, 0.25) is 0 Å². The van der Waals surface area contributed by atoms with Crippen LogP contribution in [0, 0.1) is 11.7 Å². The number of benzene rings is 1. The third kappa shape index (κ3) is 5.85. The molecule has 1 aromatic carbocycles. The van der Waals surface area contributed by atoms with Crippen LogP contribution in [0.15, 0.2) is 24.4 Å². The number of hydrogen-bond donors (Lipinski definition) is 0. The van der Waals surface area contributed by atoms with Crippen molar-refractivity contribution in [3.05, 3.63) is 46.5 Å². The van der Waals surface area contributed by atoms with E-state index in [-0.39, 0.29) is 5.82 Å². The average molecular weight is 355 g/mol. The van der Waals surface area contributed by atoms with Crippen molar-refractivity contribution in [2.24, 2.45) is 5.92 Å². The van der Waals surface area contributed by atoms with Gasteiger partial charge in [-0.15, -0.1) is 5.10 Å². The quantitative estimate of drug-likeness (QED) is 0.692. The van der Waals surface area contributed by atoms with E-state index in [0.29, 0.717) is 30.6 Å². The van der Waals surface area contributed by atoms with Gasteiger partial charge < -0.3 is 4.74 Å². The molecule has 24 heavy (non-hydrogen) atoms. The molecule has 0 saturated carbocycles. The third-order valence-electron chi connectivity index (χ3n) is 3.54. The number of hydrogen-bond acceptors (Lipinski definition) is 4. The minimum Gasteiger partial charge on any atom is -0.383 e. The molecule has 7 heteroatoms. The molecule has 0 spiro atoms. The Labute approximate surface area is 147 Å². The fourth-order valence-corrected chi connectivity index (χ4v) is 2.66. The van der Waals surface area contributed by atoms with Gasteiger partial charge >= 0.3 is 0 Å². The second kappa shape index (κ2) is 9.11. The number of halogens is 2. The van der Waals surface area contributed by atoms with Crippen LogP contribution in [0.1, 0.15) is 25.1 Å². The van der Waals surface area contributed by atoms with Gasteiger partial charge in [0.1, 0.15) is 5.82 Å². The third-order valence-corrected chi connectivity index (χ3v) is 3.90. The highest BCUT2D eigenvalue weighted by Gasteiger charge is 2.12. The molecule has 0 aliphatic heterocycles. The highest BCUT2D eigenvalue weighted by molar-refractivity contribution is 6.31. The zero-order chi connectivity index (χ0) is 17.5. The van der Waals surface area contributed by atoms with Crippen LogP contribution in [0.4, 0.5) is 4.39 Å². The molecule has 1 aromatic heterocycles. The van der Waals surface area contributed by atoms with Gasteiger partial charge in [-0.1, -0.05) is 36.7 Å². The average Bonchev–Trinajstić information content (AvgIpc) is 2.93. The topological polar surface area (TPSA) is 43.2 Å². The zero-order valence-electron chi connectivity index (χ0n) is 14.4. The van der Waals surface area contributed by atoms with Gasteiger partial charge in [-0.3, -0.25) is 9.58 Å². The molecule has 0 N–H and O–H groups in total. The summed E-state index contributed by atoms with van der Waals surface area (Å²) < 4.78 is 20.2. The van der Waals surface area contributed by atoms with Gasteiger partial charge in [0.15, 0.2) is 0 Å². The molecule has 0 fully saturated rings. The Hall–Kier alpha value is -1.50. The monoisotopic (exact) mass is 354 g/mol. The van der Waals surface area contributed by atoms with E-state index >= 15 is 0 Å². The van der Waals surface area contributed by atoms with Gasteiger partial charge in [-0.2, -0.15) is 0 Å². The lowest BCUT2D eigenvalue weighted by molar-refractivity contribution is 0.139. The summed E-state index contributed by atoms with van der Waals surface area (Å²) in [5, 5.41) is 8.82. The fourth-order valence-electron chi connectivity index (χ4n) is 2.43. The summed E-state index contributed by atoms with van der Waals surface area (Å²) in [7, 11) is 1.67. The molecule has 2 rings (SSSR count). The van der Waals surface area contributed by atoms with Crippen LogP contribution < -0.4 is 0 Å². The molecular weight excluding hydrogens is 331 g/mol. The van der Waals surface area contributed by atoms with E-state index in [9.17, 15) is 4.39 Å². The largest absolute Gasteiger partial charge is 0.383 e. The summed E-state index contributed by atoms with van der Waals surface area (Å²) in [5.74, 6) is 0.186. The van der Waals surface area contributed by atoms with E-state index < -0.39 is 0 Å². The molecule has 0 amide bonds. The van der Waals surface area contributed by atoms with Crippen LogP contribution in [0.3, 0.4) is 0 Å². The molecule has 0 atom stereocenters. The molecule has 5 nitrogen and oxygen atoms in total. The SMILES string of the molecule is COCCN(Cc1cn(CC(C)C)nn1)Cc1ccc(F)cc1Cl. The number of aromatic nitrogens is 3. The van der Waals surface area contributed by atoms with Gasteiger partial charge in [0, 0.05) is 44.5 Å². The summed E-state index contributed by atoms with van der Waals surface area (Å²) >= 11 is 6.14. The second-order valence-electron chi connectivity index (χ2n) is 6.26. The van der Waals surface area contributed by atoms with Gasteiger partial charge in [0.25, 0.3) is 0 Å². The molecule has 132 valence electrons. The predicted octanol–water partition coefficient (Wildman–Crippen LogP) is 3.38. The van der Waals surface area contributed by atoms with Gasteiger partial charge in [0.05, 0.1) is 12.3 Å². The Kier molecular flexibility index (Phi) is 7.15. The highest BCUT2D eigenvalue weighted by Crippen LogP contribution is 2.19. The first-order chi connectivity index (χ1) is 11.5. The van der Waals surface area contributed by atoms with E-state index in [1.54, 1.807) is 13.2 Å². The van der Waals surface area contributed by atoms with Crippen LogP contribution in [-0.4, -0.2) is 40.2 Å². The minimum absolute atomic E-state index is 0.330. The van der Waals surface area contributed by atoms with Crippen molar-refractivity contribution in [1.29, 1.82) is 0 Å². The lowest BCUT2D eigenvalue weighted by Gasteiger charge is -2.21. The summed E-state index contributed by atoms with van der Waals surface area (Å²) in [6.07, 6.45) is 1.96. The van der Waals surface area contributed by atoms with E-state index in [2.05, 4.69) is 29.1 Å². The molecule has 1 heterocycles. The number of methoxy groups -OCH3 is 1. The van der Waals surface area contributed by atoms with Crippen molar-refractivity contribution in [2.45, 2.75) is 33.5 Å². The van der Waals surface area contributed by atoms with Crippen LogP contribution in [-0.2, 0) is 24.4 Å². The second-order valence-corrected chi connectivity index (χ2v) is 6.67. The Morgan fingerprint density at radius 2 is 2.12 bits per heavy atom. The summed E-state index contributed by atoms with van der Waals surface area (Å²) in [4.78, 5) is 2.16. The fraction of sp³-hybridized carbons (Fsp3) is 0.529. The van der Waals surface area contributed by atoms with Gasteiger partial charge in [-0.05, 0) is 23.6 Å². The van der Waals surface area contributed by atoms with E-state index in [0.717, 1.165) is 24.3 Å². The zero-order valence-corrected chi connectivity index (χ0v) is 15.1. The smallest absolute Gasteiger partial charge is 0.124 e. The summed E-state index contributed by atoms with van der Waals surface area (Å²) in [6.45, 7) is 7.68. The van der Waals surface area contributed by atoms with Crippen molar-refractivity contribution in [2.75, 3.05) is 20.3 Å². The molecule has 2 aromatic rings. The molecular formula is C17H24ClFN4O. The van der Waals surface area contributed by atoms with E-state index in [1.807, 2.05) is 10.9 Å². The van der Waals surface area contributed by atoms with Crippen molar-refractivity contribution in [1.82, 2.24) is 19.9 Å². The lowest BCUT2D eigenvalue weighted by atomic mass is 10.2. The van der Waals surface area contributed by atoms with E-state index in [4.69, 9.17) is 16.3 Å². The highest BCUT2D eigenvalue weighted by atomic mass is 35.5. The maximum absolute atomic E-state index is 13.2. The number of nitrogens with zero attached hydrogens (tertiary/aromatic N) is 4. The Bertz CT molecular complexity index is 647. The first-order valence-electron chi connectivity index (χ1n) is 8.02. The molecule has 0 bridgehead atoms.